The Morgan fingerprint density at radius 1 is 1.07 bits per heavy atom. The van der Waals surface area contributed by atoms with Crippen molar-refractivity contribution in [2.45, 2.75) is 19.3 Å². The number of nitrogens with one attached hydrogen (secondary N) is 2. The molecule has 2 aromatic rings. The highest BCUT2D eigenvalue weighted by Crippen LogP contribution is 2.19. The van der Waals surface area contributed by atoms with Crippen molar-refractivity contribution < 1.29 is 9.59 Å². The van der Waals surface area contributed by atoms with Gasteiger partial charge in [-0.3, -0.25) is 9.59 Å². The fraction of sp³-hybridized carbons (Fsp3) is 0.350. The van der Waals surface area contributed by atoms with E-state index in [2.05, 4.69) is 20.5 Å². The molecule has 1 atom stereocenters. The van der Waals surface area contributed by atoms with Crippen molar-refractivity contribution >= 4 is 46.5 Å². The van der Waals surface area contributed by atoms with Crippen molar-refractivity contribution in [3.63, 3.8) is 0 Å². The Balaban J connectivity index is 1.45. The number of carbonyl (C=O) groups excluding carboxylic acids is 2. The minimum atomic E-state index is -0.120. The number of amides is 2. The minimum absolute atomic E-state index is 0.0508. The Morgan fingerprint density at radius 2 is 1.82 bits per heavy atom. The fourth-order valence-electron chi connectivity index (χ4n) is 3.17. The van der Waals surface area contributed by atoms with Crippen LogP contribution in [0.3, 0.4) is 0 Å². The first-order valence-corrected chi connectivity index (χ1v) is 9.95. The van der Waals surface area contributed by atoms with Gasteiger partial charge in [0.25, 0.3) is 0 Å². The Labute approximate surface area is 174 Å². The number of carbonyl (C=O) groups is 2. The topological polar surface area (TPSA) is 74.3 Å². The van der Waals surface area contributed by atoms with Gasteiger partial charge in [0, 0.05) is 36.4 Å². The van der Waals surface area contributed by atoms with Gasteiger partial charge in [-0.05, 0) is 55.8 Å². The average Bonchev–Trinajstić information content (AvgIpc) is 2.70. The Bertz CT molecular complexity index is 812. The number of rotatable bonds is 6. The SMILES string of the molecule is O=C(CCN1CCCC(C(=O)Nc2ccc(Cl)cn2)C1)Nc1ccc(Cl)cc1. The van der Waals surface area contributed by atoms with Crippen molar-refractivity contribution in [1.82, 2.24) is 9.88 Å². The van der Waals surface area contributed by atoms with Crippen LogP contribution in [0.2, 0.25) is 10.0 Å². The third kappa shape index (κ3) is 6.19. The molecule has 1 unspecified atom stereocenters. The third-order valence-electron chi connectivity index (χ3n) is 4.64. The van der Waals surface area contributed by atoms with Gasteiger partial charge < -0.3 is 15.5 Å². The average molecular weight is 421 g/mol. The molecule has 2 heterocycles. The maximum atomic E-state index is 12.5. The van der Waals surface area contributed by atoms with E-state index in [0.717, 1.165) is 25.1 Å². The second-order valence-corrected chi connectivity index (χ2v) is 7.67. The summed E-state index contributed by atoms with van der Waals surface area (Å²) in [5, 5.41) is 6.85. The maximum Gasteiger partial charge on any atom is 0.229 e. The van der Waals surface area contributed by atoms with Crippen LogP contribution in [-0.4, -0.2) is 41.3 Å². The molecule has 1 saturated heterocycles. The Hall–Kier alpha value is -2.15. The molecule has 6 nitrogen and oxygen atoms in total. The largest absolute Gasteiger partial charge is 0.326 e. The number of aromatic nitrogens is 1. The van der Waals surface area contributed by atoms with E-state index in [4.69, 9.17) is 23.2 Å². The van der Waals surface area contributed by atoms with E-state index in [0.29, 0.717) is 35.4 Å². The summed E-state index contributed by atoms with van der Waals surface area (Å²) in [6.07, 6.45) is 3.62. The van der Waals surface area contributed by atoms with Crippen molar-refractivity contribution in [2.75, 3.05) is 30.3 Å². The normalized spacial score (nSPS) is 17.1. The summed E-state index contributed by atoms with van der Waals surface area (Å²) in [4.78, 5) is 30.9. The summed E-state index contributed by atoms with van der Waals surface area (Å²) in [5.41, 5.74) is 0.723. The van der Waals surface area contributed by atoms with E-state index in [1.807, 2.05) is 0 Å². The quantitative estimate of drug-likeness (QED) is 0.738. The van der Waals surface area contributed by atoms with Gasteiger partial charge in [0.2, 0.25) is 11.8 Å². The lowest BCUT2D eigenvalue weighted by Gasteiger charge is -2.31. The highest BCUT2D eigenvalue weighted by atomic mass is 35.5. The molecule has 0 radical (unpaired) electrons. The van der Waals surface area contributed by atoms with E-state index >= 15 is 0 Å². The second-order valence-electron chi connectivity index (χ2n) is 6.80. The van der Waals surface area contributed by atoms with Crippen LogP contribution in [0.15, 0.2) is 42.6 Å². The molecule has 2 amide bonds. The molecular formula is C20H22Cl2N4O2. The van der Waals surface area contributed by atoms with Crippen LogP contribution in [0.5, 0.6) is 0 Å². The molecule has 8 heteroatoms. The van der Waals surface area contributed by atoms with Gasteiger partial charge >= 0.3 is 0 Å². The highest BCUT2D eigenvalue weighted by Gasteiger charge is 2.26. The first-order valence-electron chi connectivity index (χ1n) is 9.20. The summed E-state index contributed by atoms with van der Waals surface area (Å²) in [6.45, 7) is 2.13. The third-order valence-corrected chi connectivity index (χ3v) is 5.11. The molecule has 0 saturated carbocycles. The number of likely N-dealkylation sites (tertiary alicyclic amines) is 1. The number of hydrogen-bond acceptors (Lipinski definition) is 4. The highest BCUT2D eigenvalue weighted by molar-refractivity contribution is 6.30. The Morgan fingerprint density at radius 3 is 2.54 bits per heavy atom. The summed E-state index contributed by atoms with van der Waals surface area (Å²) in [7, 11) is 0. The summed E-state index contributed by atoms with van der Waals surface area (Å²) >= 11 is 11.7. The standard InChI is InChI=1S/C20H22Cl2N4O2/c21-15-3-6-17(7-4-15)24-19(27)9-11-26-10-1-2-14(13-26)20(28)25-18-8-5-16(22)12-23-18/h3-8,12,14H,1-2,9-11,13H2,(H,24,27)(H,23,25,28). The molecule has 1 aliphatic rings. The van der Waals surface area contributed by atoms with Crippen molar-refractivity contribution in [3.05, 3.63) is 52.6 Å². The zero-order valence-electron chi connectivity index (χ0n) is 15.3. The molecule has 1 aromatic heterocycles. The molecule has 28 heavy (non-hydrogen) atoms. The van der Waals surface area contributed by atoms with Crippen LogP contribution in [-0.2, 0) is 9.59 Å². The van der Waals surface area contributed by atoms with Gasteiger partial charge in [0.1, 0.15) is 5.82 Å². The van der Waals surface area contributed by atoms with Gasteiger partial charge in [-0.2, -0.15) is 0 Å². The molecule has 148 valence electrons. The lowest BCUT2D eigenvalue weighted by molar-refractivity contribution is -0.121. The van der Waals surface area contributed by atoms with Crippen LogP contribution >= 0.6 is 23.2 Å². The van der Waals surface area contributed by atoms with Crippen LogP contribution in [0.1, 0.15) is 19.3 Å². The van der Waals surface area contributed by atoms with E-state index in [1.165, 1.54) is 6.20 Å². The zero-order chi connectivity index (χ0) is 19.9. The molecule has 2 N–H and O–H groups in total. The Kier molecular flexibility index (Phi) is 7.25. The smallest absolute Gasteiger partial charge is 0.229 e. The molecule has 0 aliphatic carbocycles. The summed E-state index contributed by atoms with van der Waals surface area (Å²) in [6, 6.07) is 10.4. The molecule has 3 rings (SSSR count). The monoisotopic (exact) mass is 420 g/mol. The number of benzene rings is 1. The predicted molar refractivity (Wildman–Crippen MR) is 112 cm³/mol. The summed E-state index contributed by atoms with van der Waals surface area (Å²) in [5.74, 6) is 0.267. The van der Waals surface area contributed by atoms with Gasteiger partial charge in [-0.15, -0.1) is 0 Å². The first-order chi connectivity index (χ1) is 13.5. The molecule has 1 aliphatic heterocycles. The van der Waals surface area contributed by atoms with Gasteiger partial charge in [0.05, 0.1) is 10.9 Å². The van der Waals surface area contributed by atoms with Gasteiger partial charge in [0.15, 0.2) is 0 Å². The second kappa shape index (κ2) is 9.87. The van der Waals surface area contributed by atoms with Crippen molar-refractivity contribution in [2.24, 2.45) is 5.92 Å². The number of halogens is 2. The summed E-state index contributed by atoms with van der Waals surface area (Å²) < 4.78 is 0. The van der Waals surface area contributed by atoms with Crippen molar-refractivity contribution in [1.29, 1.82) is 0 Å². The molecule has 1 aromatic carbocycles. The van der Waals surface area contributed by atoms with E-state index in [9.17, 15) is 9.59 Å². The lowest BCUT2D eigenvalue weighted by atomic mass is 9.97. The number of hydrogen-bond donors (Lipinski definition) is 2. The predicted octanol–water partition coefficient (Wildman–Crippen LogP) is 4.07. The fourth-order valence-corrected chi connectivity index (χ4v) is 3.40. The van der Waals surface area contributed by atoms with E-state index in [-0.39, 0.29) is 17.7 Å². The van der Waals surface area contributed by atoms with Crippen LogP contribution in [0.4, 0.5) is 11.5 Å². The van der Waals surface area contributed by atoms with E-state index < -0.39 is 0 Å². The van der Waals surface area contributed by atoms with Crippen LogP contribution in [0, 0.1) is 5.92 Å². The number of nitrogens with zero attached hydrogens (tertiary/aromatic N) is 2. The zero-order valence-corrected chi connectivity index (χ0v) is 16.8. The van der Waals surface area contributed by atoms with Crippen LogP contribution in [0.25, 0.3) is 0 Å². The first kappa shape index (κ1) is 20.6. The van der Waals surface area contributed by atoms with E-state index in [1.54, 1.807) is 36.4 Å². The van der Waals surface area contributed by atoms with Gasteiger partial charge in [-0.25, -0.2) is 4.98 Å². The van der Waals surface area contributed by atoms with Gasteiger partial charge in [-0.1, -0.05) is 23.2 Å². The van der Waals surface area contributed by atoms with Crippen molar-refractivity contribution in [3.8, 4) is 0 Å². The molecular weight excluding hydrogens is 399 g/mol. The number of piperidine rings is 1. The molecule has 0 spiro atoms. The number of pyridine rings is 1. The minimum Gasteiger partial charge on any atom is -0.326 e. The van der Waals surface area contributed by atoms with Crippen LogP contribution < -0.4 is 10.6 Å². The maximum absolute atomic E-state index is 12.5. The molecule has 1 fully saturated rings. The number of anilines is 2. The lowest BCUT2D eigenvalue weighted by Crippen LogP contribution is -2.41. The molecule has 0 bridgehead atoms.